The third-order valence-corrected chi connectivity index (χ3v) is 0.712. The third kappa shape index (κ3) is 2.54. The second kappa shape index (κ2) is 3.40. The maximum absolute atomic E-state index is 10.1. The zero-order valence-corrected chi connectivity index (χ0v) is 4.76. The molecule has 0 fully saturated rings. The molecule has 0 rings (SSSR count). The second-order valence-electron chi connectivity index (χ2n) is 1.46. The molecule has 0 aliphatic heterocycles. The van der Waals surface area contributed by atoms with Crippen molar-refractivity contribution in [1.82, 2.24) is 0 Å². The first-order valence-corrected chi connectivity index (χ1v) is 2.22. The van der Waals surface area contributed by atoms with Crippen LogP contribution in [-0.4, -0.2) is 25.7 Å². The Balaban J connectivity index is 3.32. The Labute approximate surface area is 47.8 Å². The van der Waals surface area contributed by atoms with Crippen LogP contribution in [0.4, 0.5) is 0 Å². The van der Waals surface area contributed by atoms with Gasteiger partial charge >= 0.3 is 0 Å². The van der Waals surface area contributed by atoms with Crippen LogP contribution in [0.25, 0.3) is 0 Å². The fraction of sp³-hybridized carbons (Fsp3) is 0.750. The number of nitrogens with two attached hydrogens (primary N) is 2. The number of ether oxygens (including phenoxy) is 1. The van der Waals surface area contributed by atoms with E-state index in [0.29, 0.717) is 0 Å². The first kappa shape index (κ1) is 7.39. The topological polar surface area (TPSA) is 78.3 Å². The molecule has 0 radical (unpaired) electrons. The third-order valence-electron chi connectivity index (χ3n) is 0.712. The van der Waals surface area contributed by atoms with E-state index in [2.05, 4.69) is 4.74 Å². The molecule has 0 aromatic rings. The summed E-state index contributed by atoms with van der Waals surface area (Å²) < 4.78 is 4.54. The molecule has 1 amide bonds. The predicted molar refractivity (Wildman–Crippen MR) is 29.0 cm³/mol. The molecule has 0 saturated heterocycles. The van der Waals surface area contributed by atoms with Crippen LogP contribution in [-0.2, 0) is 9.53 Å². The number of rotatable bonds is 3. The van der Waals surface area contributed by atoms with Gasteiger partial charge in [-0.3, -0.25) is 4.79 Å². The highest BCUT2D eigenvalue weighted by Crippen LogP contribution is 1.74. The van der Waals surface area contributed by atoms with Crippen LogP contribution in [0, 0.1) is 0 Å². The lowest BCUT2D eigenvalue weighted by Gasteiger charge is -2.02. The normalized spacial score (nSPS) is 13.2. The average Bonchev–Trinajstić information content (AvgIpc) is 1.67. The number of amides is 1. The van der Waals surface area contributed by atoms with E-state index in [0.717, 1.165) is 0 Å². The number of methoxy groups -OCH3 is 1. The van der Waals surface area contributed by atoms with Crippen molar-refractivity contribution in [3.63, 3.8) is 0 Å². The summed E-state index contributed by atoms with van der Waals surface area (Å²) in [6.45, 7) is 0.190. The lowest BCUT2D eigenvalue weighted by Crippen LogP contribution is -2.39. The van der Waals surface area contributed by atoms with Gasteiger partial charge in [0.1, 0.15) is 6.04 Å². The molecule has 4 nitrogen and oxygen atoms in total. The average molecular weight is 118 g/mol. The summed E-state index contributed by atoms with van der Waals surface area (Å²) in [5.74, 6) is -0.535. The molecule has 0 spiro atoms. The number of carbonyl (C=O) groups excluding carboxylic acids is 1. The number of hydrogen-bond donors (Lipinski definition) is 2. The van der Waals surface area contributed by atoms with Crippen LogP contribution in [0.15, 0.2) is 0 Å². The van der Waals surface area contributed by atoms with Gasteiger partial charge in [-0.2, -0.15) is 0 Å². The Morgan fingerprint density at radius 3 is 2.50 bits per heavy atom. The summed E-state index contributed by atoms with van der Waals surface area (Å²) in [6.07, 6.45) is 0. The second-order valence-corrected chi connectivity index (χ2v) is 1.46. The molecule has 48 valence electrons. The Morgan fingerprint density at radius 2 is 2.38 bits per heavy atom. The summed E-state index contributed by atoms with van der Waals surface area (Å²) in [6, 6.07) is -0.667. The Hall–Kier alpha value is -0.610. The van der Waals surface area contributed by atoms with Crippen molar-refractivity contribution in [2.75, 3.05) is 13.7 Å². The zero-order valence-electron chi connectivity index (χ0n) is 4.76. The van der Waals surface area contributed by atoms with E-state index in [-0.39, 0.29) is 6.61 Å². The van der Waals surface area contributed by atoms with Gasteiger partial charge < -0.3 is 16.2 Å². The van der Waals surface area contributed by atoms with Crippen molar-refractivity contribution >= 4 is 5.91 Å². The van der Waals surface area contributed by atoms with Crippen LogP contribution >= 0.6 is 0 Å². The van der Waals surface area contributed by atoms with E-state index in [9.17, 15) is 4.79 Å². The van der Waals surface area contributed by atoms with Crippen LogP contribution in [0.5, 0.6) is 0 Å². The molecule has 4 N–H and O–H groups in total. The van der Waals surface area contributed by atoms with E-state index >= 15 is 0 Å². The molecule has 4 heteroatoms. The summed E-state index contributed by atoms with van der Waals surface area (Å²) in [7, 11) is 1.46. The lowest BCUT2D eigenvalue weighted by atomic mass is 10.3. The highest BCUT2D eigenvalue weighted by Gasteiger charge is 2.06. The first-order chi connectivity index (χ1) is 3.68. The Morgan fingerprint density at radius 1 is 1.88 bits per heavy atom. The van der Waals surface area contributed by atoms with Gasteiger partial charge in [0.15, 0.2) is 0 Å². The van der Waals surface area contributed by atoms with Gasteiger partial charge in [0.2, 0.25) is 5.91 Å². The molecular formula is C4H10N2O2. The maximum atomic E-state index is 10.1. The van der Waals surface area contributed by atoms with E-state index < -0.39 is 11.9 Å². The molecule has 0 aromatic carbocycles. The van der Waals surface area contributed by atoms with Gasteiger partial charge in [-0.1, -0.05) is 0 Å². The highest BCUT2D eigenvalue weighted by atomic mass is 16.5. The van der Waals surface area contributed by atoms with Crippen molar-refractivity contribution in [2.45, 2.75) is 6.04 Å². The first-order valence-electron chi connectivity index (χ1n) is 2.22. The van der Waals surface area contributed by atoms with E-state index in [1.807, 2.05) is 0 Å². The Kier molecular flexibility index (Phi) is 3.14. The van der Waals surface area contributed by atoms with Crippen LogP contribution in [0.3, 0.4) is 0 Å². The molecule has 0 heterocycles. The number of hydrogen-bond acceptors (Lipinski definition) is 3. The van der Waals surface area contributed by atoms with Crippen molar-refractivity contribution in [3.8, 4) is 0 Å². The summed E-state index contributed by atoms with van der Waals surface area (Å²) in [5.41, 5.74) is 9.91. The largest absolute Gasteiger partial charge is 0.383 e. The van der Waals surface area contributed by atoms with Gasteiger partial charge in [0.25, 0.3) is 0 Å². The monoisotopic (exact) mass is 118 g/mol. The number of primary amides is 1. The molecule has 0 aromatic heterocycles. The smallest absolute Gasteiger partial charge is 0.236 e. The minimum Gasteiger partial charge on any atom is -0.383 e. The quantitative estimate of drug-likeness (QED) is 0.470. The SMILES string of the molecule is COCC(N)C(N)=O. The lowest BCUT2D eigenvalue weighted by molar-refractivity contribution is -0.120. The molecule has 0 bridgehead atoms. The van der Waals surface area contributed by atoms with Crippen LogP contribution < -0.4 is 11.5 Å². The number of carbonyl (C=O) groups is 1. The summed E-state index contributed by atoms with van der Waals surface area (Å²) in [4.78, 5) is 10.1. The van der Waals surface area contributed by atoms with Gasteiger partial charge in [-0.25, -0.2) is 0 Å². The molecule has 0 aliphatic carbocycles. The molecule has 0 aliphatic rings. The molecular weight excluding hydrogens is 108 g/mol. The van der Waals surface area contributed by atoms with Crippen LogP contribution in [0.2, 0.25) is 0 Å². The van der Waals surface area contributed by atoms with Gasteiger partial charge in [0.05, 0.1) is 6.61 Å². The fourth-order valence-corrected chi connectivity index (χ4v) is 0.262. The van der Waals surface area contributed by atoms with Crippen molar-refractivity contribution in [3.05, 3.63) is 0 Å². The minimum atomic E-state index is -0.667. The molecule has 1 unspecified atom stereocenters. The zero-order chi connectivity index (χ0) is 6.57. The summed E-state index contributed by atoms with van der Waals surface area (Å²) in [5, 5.41) is 0. The molecule has 1 atom stereocenters. The predicted octanol–water partition coefficient (Wildman–Crippen LogP) is -1.55. The van der Waals surface area contributed by atoms with E-state index in [4.69, 9.17) is 11.5 Å². The van der Waals surface area contributed by atoms with Crippen molar-refractivity contribution < 1.29 is 9.53 Å². The van der Waals surface area contributed by atoms with Gasteiger partial charge in [-0.05, 0) is 0 Å². The van der Waals surface area contributed by atoms with Gasteiger partial charge in [0, 0.05) is 7.11 Å². The van der Waals surface area contributed by atoms with Crippen molar-refractivity contribution in [2.24, 2.45) is 11.5 Å². The van der Waals surface area contributed by atoms with Crippen LogP contribution in [0.1, 0.15) is 0 Å². The van der Waals surface area contributed by atoms with Gasteiger partial charge in [-0.15, -0.1) is 0 Å². The minimum absolute atomic E-state index is 0.190. The summed E-state index contributed by atoms with van der Waals surface area (Å²) >= 11 is 0. The van der Waals surface area contributed by atoms with Crippen molar-refractivity contribution in [1.29, 1.82) is 0 Å². The molecule has 0 saturated carbocycles. The standard InChI is InChI=1S/C4H10N2O2/c1-8-2-3(5)4(6)7/h3H,2,5H2,1H3,(H2,6,7). The highest BCUT2D eigenvalue weighted by molar-refractivity contribution is 5.79. The maximum Gasteiger partial charge on any atom is 0.236 e. The Bertz CT molecular complexity index is 84.1. The van der Waals surface area contributed by atoms with E-state index in [1.165, 1.54) is 7.11 Å². The fourth-order valence-electron chi connectivity index (χ4n) is 0.262. The van der Waals surface area contributed by atoms with E-state index in [1.54, 1.807) is 0 Å². The molecule has 8 heavy (non-hydrogen) atoms.